The zero-order valence-corrected chi connectivity index (χ0v) is 52.8. The van der Waals surface area contributed by atoms with E-state index >= 15 is 0 Å². The second kappa shape index (κ2) is 24.0. The number of rotatable bonds is 5. The molecule has 6 aromatic heterocycles. The van der Waals surface area contributed by atoms with Crippen molar-refractivity contribution in [3.05, 3.63) is 265 Å². The molecule has 5 aromatic carbocycles. The maximum absolute atomic E-state index is 6.95. The van der Waals surface area contributed by atoms with E-state index in [-0.39, 0.29) is 0 Å². The number of aromatic nitrogens is 8. The van der Waals surface area contributed by atoms with E-state index in [9.17, 15) is 0 Å². The standard InChI is InChI=1S/C44H22Cl8N4.C26H16Cl2N4/c45-21-5-1-6-22(46)37(21)41-29-13-15-31(53-29)42(38-23(47)7-2-8-24(38)48)33-17-19-35(55-33)44(40-27(51)11-4-12-28(40)52)36-20-18-34(56-36)43(32-16-14-30(41)54-32)39-25(49)9-3-10-26(39)50;27-23-2-1-3-24(28)26(23)22-13-21-12-19-7-6-17(30-19)10-15-4-5-16(29-15)11-18-8-9-20(31-18)14-25(22)32-21/h1-20,53,56H;1-14,29-30H. The van der Waals surface area contributed by atoms with Gasteiger partial charge < -0.3 is 19.9 Å². The summed E-state index contributed by atoms with van der Waals surface area (Å²) in [7, 11) is 0. The Morgan fingerprint density at radius 1 is 0.239 bits per heavy atom. The highest BCUT2D eigenvalue weighted by molar-refractivity contribution is 6.43. The van der Waals surface area contributed by atoms with Crippen molar-refractivity contribution in [1.82, 2.24) is 39.9 Å². The Morgan fingerprint density at radius 3 is 0.875 bits per heavy atom. The lowest BCUT2D eigenvalue weighted by Gasteiger charge is -2.11. The number of halogens is 10. The first-order valence-electron chi connectivity index (χ1n) is 27.2. The lowest BCUT2D eigenvalue weighted by molar-refractivity contribution is 1.27. The van der Waals surface area contributed by atoms with Gasteiger partial charge in [0.2, 0.25) is 0 Å². The van der Waals surface area contributed by atoms with Gasteiger partial charge in [0.25, 0.3) is 0 Å². The van der Waals surface area contributed by atoms with Crippen molar-refractivity contribution < 1.29 is 0 Å². The van der Waals surface area contributed by atoms with Gasteiger partial charge in [0.15, 0.2) is 0 Å². The number of nitrogens with one attached hydrogen (secondary N) is 4. The second-order valence-electron chi connectivity index (χ2n) is 20.6. The Morgan fingerprint density at radius 2 is 0.534 bits per heavy atom. The molecule has 0 fully saturated rings. The van der Waals surface area contributed by atoms with E-state index in [1.807, 2.05) is 127 Å². The number of aromatic amines is 4. The topological polar surface area (TPSA) is 115 Å². The molecular formula is C70H38Cl10N8. The highest BCUT2D eigenvalue weighted by atomic mass is 35.5. The predicted octanol–water partition coefficient (Wildman–Crippen LogP) is 23.9. The van der Waals surface area contributed by atoms with E-state index in [1.54, 1.807) is 72.8 Å². The minimum Gasteiger partial charge on any atom is -0.355 e. The lowest BCUT2D eigenvalue weighted by atomic mass is 10.0. The second-order valence-corrected chi connectivity index (χ2v) is 24.6. The summed E-state index contributed by atoms with van der Waals surface area (Å²) in [5.41, 5.74) is 18.9. The molecular weight excluding hydrogens is 1310 g/mol. The highest BCUT2D eigenvalue weighted by Gasteiger charge is 2.25. The van der Waals surface area contributed by atoms with Crippen molar-refractivity contribution >= 4 is 208 Å². The Hall–Kier alpha value is -7.80. The van der Waals surface area contributed by atoms with Crippen molar-refractivity contribution in [2.45, 2.75) is 0 Å². The van der Waals surface area contributed by atoms with Gasteiger partial charge in [-0.25, -0.2) is 19.9 Å². The largest absolute Gasteiger partial charge is 0.355 e. The van der Waals surface area contributed by atoms with E-state index in [2.05, 4.69) is 26.0 Å². The van der Waals surface area contributed by atoms with E-state index in [4.69, 9.17) is 136 Å². The van der Waals surface area contributed by atoms with Gasteiger partial charge in [-0.2, -0.15) is 0 Å². The summed E-state index contributed by atoms with van der Waals surface area (Å²) in [6, 6.07) is 51.0. The van der Waals surface area contributed by atoms with Gasteiger partial charge in [0.1, 0.15) is 0 Å². The van der Waals surface area contributed by atoms with Crippen LogP contribution in [0.1, 0.15) is 51.1 Å². The summed E-state index contributed by atoms with van der Waals surface area (Å²) in [6.45, 7) is 0. The Bertz CT molecular complexity index is 4760. The van der Waals surface area contributed by atoms with Gasteiger partial charge in [0.05, 0.1) is 85.7 Å². The Labute approximate surface area is 553 Å². The first-order valence-corrected chi connectivity index (χ1v) is 30.9. The molecule has 0 aliphatic carbocycles. The molecule has 0 unspecified atom stereocenters. The van der Waals surface area contributed by atoms with Crippen LogP contribution in [0, 0.1) is 0 Å². The van der Waals surface area contributed by atoms with Crippen LogP contribution in [0.25, 0.3) is 137 Å². The minimum absolute atomic E-state index is 0.442. The van der Waals surface area contributed by atoms with Gasteiger partial charge in [-0.3, -0.25) is 0 Å². The Balaban J connectivity index is 0.000000179. The van der Waals surface area contributed by atoms with Crippen molar-refractivity contribution in [2.24, 2.45) is 0 Å². The van der Waals surface area contributed by atoms with Crippen molar-refractivity contribution in [3.63, 3.8) is 0 Å². The number of H-pyrrole nitrogens is 4. The fraction of sp³-hybridized carbons (Fsp3) is 0. The summed E-state index contributed by atoms with van der Waals surface area (Å²) >= 11 is 68.6. The van der Waals surface area contributed by atoms with Crippen LogP contribution in [0.2, 0.25) is 50.2 Å². The zero-order chi connectivity index (χ0) is 60.5. The smallest absolute Gasteiger partial charge is 0.0738 e. The molecule has 10 heterocycles. The van der Waals surface area contributed by atoms with Crippen molar-refractivity contribution in [1.29, 1.82) is 0 Å². The molecule has 4 aliphatic heterocycles. The quantitative estimate of drug-likeness (QED) is 0.137. The normalized spacial score (nSPS) is 12.4. The molecule has 4 N–H and O–H groups in total. The first kappa shape index (κ1) is 57.9. The summed E-state index contributed by atoms with van der Waals surface area (Å²) < 4.78 is 0. The molecule has 0 spiro atoms. The molecule has 0 atom stereocenters. The Kier molecular flexibility index (Phi) is 15.8. The molecule has 11 aromatic rings. The molecule has 18 heteroatoms. The summed E-state index contributed by atoms with van der Waals surface area (Å²) in [6.07, 6.45) is 13.6. The number of hydrogen-bond acceptors (Lipinski definition) is 4. The number of nitrogens with zero attached hydrogens (tertiary/aromatic N) is 4. The summed E-state index contributed by atoms with van der Waals surface area (Å²) in [5, 5.41) is 4.70. The van der Waals surface area contributed by atoms with Crippen LogP contribution in [-0.4, -0.2) is 39.9 Å². The van der Waals surface area contributed by atoms with Crippen LogP contribution >= 0.6 is 116 Å². The van der Waals surface area contributed by atoms with E-state index in [1.165, 1.54) is 0 Å². The molecule has 428 valence electrons. The van der Waals surface area contributed by atoms with Crippen LogP contribution in [0.4, 0.5) is 0 Å². The molecule has 0 amide bonds. The van der Waals surface area contributed by atoms with E-state index in [0.717, 1.165) is 56.0 Å². The molecule has 88 heavy (non-hydrogen) atoms. The molecule has 4 aliphatic rings. The average molecular weight is 1350 g/mol. The van der Waals surface area contributed by atoms with Gasteiger partial charge >= 0.3 is 0 Å². The molecule has 0 radical (unpaired) electrons. The maximum atomic E-state index is 6.95. The van der Waals surface area contributed by atoms with Gasteiger partial charge in [-0.05, 0) is 176 Å². The van der Waals surface area contributed by atoms with Crippen LogP contribution in [0.15, 0.2) is 164 Å². The highest BCUT2D eigenvalue weighted by Crippen LogP contribution is 2.47. The fourth-order valence-corrected chi connectivity index (χ4v) is 14.1. The molecule has 0 saturated carbocycles. The van der Waals surface area contributed by atoms with Crippen LogP contribution < -0.4 is 0 Å². The summed E-state index contributed by atoms with van der Waals surface area (Å²) in [5.74, 6) is 0. The molecule has 8 nitrogen and oxygen atoms in total. The monoisotopic (exact) mass is 1340 g/mol. The van der Waals surface area contributed by atoms with Crippen LogP contribution in [-0.2, 0) is 0 Å². The van der Waals surface area contributed by atoms with Gasteiger partial charge in [-0.1, -0.05) is 146 Å². The third kappa shape index (κ3) is 11.1. The maximum Gasteiger partial charge on any atom is 0.0738 e. The predicted molar refractivity (Wildman–Crippen MR) is 374 cm³/mol. The number of benzene rings is 5. The zero-order valence-electron chi connectivity index (χ0n) is 45.2. The van der Waals surface area contributed by atoms with Crippen LogP contribution in [0.5, 0.6) is 0 Å². The molecule has 15 rings (SSSR count). The fourth-order valence-electron chi connectivity index (χ4n) is 11.2. The summed E-state index contributed by atoms with van der Waals surface area (Å²) in [4.78, 5) is 34.2. The van der Waals surface area contributed by atoms with E-state index in [0.29, 0.717) is 140 Å². The molecule has 16 bridgehead atoms. The van der Waals surface area contributed by atoms with Crippen molar-refractivity contribution in [2.75, 3.05) is 0 Å². The average Bonchev–Trinajstić information content (AvgIpc) is 2.06. The minimum atomic E-state index is 0.442. The third-order valence-electron chi connectivity index (χ3n) is 15.0. The van der Waals surface area contributed by atoms with Crippen molar-refractivity contribution in [3.8, 4) is 44.5 Å². The van der Waals surface area contributed by atoms with Gasteiger partial charge in [-0.15, -0.1) is 0 Å². The number of fused-ring (bicyclic) bond motifs is 16. The lowest BCUT2D eigenvalue weighted by Crippen LogP contribution is -1.92. The number of hydrogen-bond donors (Lipinski definition) is 4. The van der Waals surface area contributed by atoms with Crippen LogP contribution in [0.3, 0.4) is 0 Å². The first-order chi connectivity index (χ1) is 42.7. The molecule has 0 saturated heterocycles. The van der Waals surface area contributed by atoms with Gasteiger partial charge in [0, 0.05) is 110 Å². The van der Waals surface area contributed by atoms with E-state index < -0.39 is 0 Å². The SMILES string of the molecule is Clc1cccc(Cl)c1-c1c2nc(c(-c3c(Cl)cccc3Cl)c3ccc([nH]3)c(-c3c(Cl)cccc3Cl)c3nc(c(-c4c(Cl)cccc4Cl)c4ccc1[nH]4)C=C3)C=C2.Clc1cccc(Cl)c1C1=Cc2cc3ccc(cc4ccc(cc5nc(cc1n2)C=C5)[nH]4)[nH]3. The third-order valence-corrected chi connectivity index (χ3v) is 18.2.